The zero-order valence-electron chi connectivity index (χ0n) is 14.1. The fourth-order valence-corrected chi connectivity index (χ4v) is 3.67. The van der Waals surface area contributed by atoms with Crippen molar-refractivity contribution in [2.24, 2.45) is 5.92 Å². The average Bonchev–Trinajstić information content (AvgIpc) is 3.00. The van der Waals surface area contributed by atoms with E-state index in [1.165, 1.54) is 6.07 Å². The van der Waals surface area contributed by atoms with Gasteiger partial charge in [0.25, 0.3) is 0 Å². The predicted molar refractivity (Wildman–Crippen MR) is 97.3 cm³/mol. The Hall–Kier alpha value is -2.40. The number of piperidine rings is 1. The lowest BCUT2D eigenvalue weighted by Crippen LogP contribution is -2.38. The van der Waals surface area contributed by atoms with E-state index in [9.17, 15) is 9.50 Å². The van der Waals surface area contributed by atoms with Crippen LogP contribution in [0.5, 0.6) is 0 Å². The zero-order chi connectivity index (χ0) is 17.2. The summed E-state index contributed by atoms with van der Waals surface area (Å²) in [6.45, 7) is 2.53. The predicted octanol–water partition coefficient (Wildman–Crippen LogP) is 3.43. The minimum absolute atomic E-state index is 0.209. The van der Waals surface area contributed by atoms with Crippen LogP contribution in [0.15, 0.2) is 48.5 Å². The third-order valence-corrected chi connectivity index (χ3v) is 4.92. The number of rotatable bonds is 4. The molecule has 2 aromatic carbocycles. The number of para-hydroxylation sites is 2. The molecule has 4 rings (SSSR count). The lowest BCUT2D eigenvalue weighted by atomic mass is 9.99. The highest BCUT2D eigenvalue weighted by Gasteiger charge is 2.24. The summed E-state index contributed by atoms with van der Waals surface area (Å²) in [5.74, 6) is 0.974. The Bertz CT molecular complexity index is 876. The number of aromatic nitrogens is 2. The Morgan fingerprint density at radius 1 is 1.16 bits per heavy atom. The number of hydrogen-bond donors (Lipinski definition) is 1. The molecule has 1 saturated heterocycles. The highest BCUT2D eigenvalue weighted by molar-refractivity contribution is 5.79. The smallest absolute Gasteiger partial charge is 0.206 e. The number of fused-ring (bicyclic) bond motifs is 1. The number of hydrogen-bond acceptors (Lipinski definition) is 3. The molecular formula is C20H22FN3O. The molecule has 1 fully saturated rings. The lowest BCUT2D eigenvalue weighted by molar-refractivity contribution is 0.208. The molecule has 1 aliphatic heterocycles. The number of aliphatic hydroxyl groups excluding tert-OH is 1. The van der Waals surface area contributed by atoms with E-state index in [2.05, 4.69) is 15.5 Å². The van der Waals surface area contributed by atoms with Crippen molar-refractivity contribution in [3.05, 3.63) is 59.9 Å². The maximum atomic E-state index is 13.6. The van der Waals surface area contributed by atoms with Gasteiger partial charge < -0.3 is 14.6 Å². The third-order valence-electron chi connectivity index (χ3n) is 4.92. The van der Waals surface area contributed by atoms with Crippen LogP contribution in [0.4, 0.5) is 10.3 Å². The second-order valence-corrected chi connectivity index (χ2v) is 6.75. The van der Waals surface area contributed by atoms with Crippen molar-refractivity contribution >= 4 is 17.0 Å². The normalized spacial score (nSPS) is 18.0. The summed E-state index contributed by atoms with van der Waals surface area (Å²) in [5.41, 5.74) is 2.91. The van der Waals surface area contributed by atoms with Gasteiger partial charge in [0.1, 0.15) is 5.82 Å². The lowest BCUT2D eigenvalue weighted by Gasteiger charge is -2.33. The van der Waals surface area contributed by atoms with E-state index in [4.69, 9.17) is 4.98 Å². The molecule has 1 aliphatic rings. The van der Waals surface area contributed by atoms with E-state index in [1.54, 1.807) is 12.1 Å². The van der Waals surface area contributed by atoms with E-state index >= 15 is 0 Å². The molecule has 0 saturated carbocycles. The number of aliphatic hydroxyl groups is 1. The molecule has 0 bridgehead atoms. The maximum absolute atomic E-state index is 13.6. The fraction of sp³-hybridized carbons (Fsp3) is 0.350. The Balaban J connectivity index is 1.75. The molecule has 1 aromatic heterocycles. The summed E-state index contributed by atoms with van der Waals surface area (Å²) in [6.07, 6.45) is 2.10. The monoisotopic (exact) mass is 339 g/mol. The molecule has 0 unspecified atom stereocenters. The van der Waals surface area contributed by atoms with Crippen LogP contribution in [0.2, 0.25) is 0 Å². The Labute approximate surface area is 146 Å². The van der Waals surface area contributed by atoms with Gasteiger partial charge in [-0.05, 0) is 48.6 Å². The summed E-state index contributed by atoms with van der Waals surface area (Å²) in [4.78, 5) is 7.09. The SMILES string of the molecule is OC[C@@H]1CCCN(c2nc3ccccc3n2Cc2cccc(F)c2)C1. The fourth-order valence-electron chi connectivity index (χ4n) is 3.67. The van der Waals surface area contributed by atoms with Gasteiger partial charge in [-0.3, -0.25) is 0 Å². The molecule has 0 radical (unpaired) electrons. The second kappa shape index (κ2) is 6.84. The summed E-state index contributed by atoms with van der Waals surface area (Å²) in [6, 6.07) is 14.8. The van der Waals surface area contributed by atoms with Crippen LogP contribution in [0.3, 0.4) is 0 Å². The van der Waals surface area contributed by atoms with Crippen LogP contribution < -0.4 is 4.90 Å². The summed E-state index contributed by atoms with van der Waals surface area (Å²) in [7, 11) is 0. The van der Waals surface area contributed by atoms with Gasteiger partial charge in [-0.1, -0.05) is 24.3 Å². The molecule has 0 aliphatic carbocycles. The van der Waals surface area contributed by atoms with Crippen molar-refractivity contribution in [1.29, 1.82) is 0 Å². The molecule has 1 N–H and O–H groups in total. The number of benzene rings is 2. The molecule has 4 nitrogen and oxygen atoms in total. The van der Waals surface area contributed by atoms with Gasteiger partial charge in [-0.2, -0.15) is 0 Å². The van der Waals surface area contributed by atoms with Crippen LogP contribution >= 0.6 is 0 Å². The molecule has 130 valence electrons. The molecule has 0 spiro atoms. The number of imidazole rings is 1. The Kier molecular flexibility index (Phi) is 4.40. The maximum Gasteiger partial charge on any atom is 0.206 e. The van der Waals surface area contributed by atoms with E-state index in [0.29, 0.717) is 6.54 Å². The first-order valence-corrected chi connectivity index (χ1v) is 8.80. The third kappa shape index (κ3) is 3.24. The first kappa shape index (κ1) is 16.1. The van der Waals surface area contributed by atoms with E-state index in [-0.39, 0.29) is 18.3 Å². The largest absolute Gasteiger partial charge is 0.396 e. The van der Waals surface area contributed by atoms with E-state index in [0.717, 1.165) is 48.5 Å². The molecule has 25 heavy (non-hydrogen) atoms. The van der Waals surface area contributed by atoms with Gasteiger partial charge in [0.2, 0.25) is 5.95 Å². The highest BCUT2D eigenvalue weighted by Crippen LogP contribution is 2.27. The average molecular weight is 339 g/mol. The molecular weight excluding hydrogens is 317 g/mol. The first-order valence-electron chi connectivity index (χ1n) is 8.80. The molecule has 0 amide bonds. The van der Waals surface area contributed by atoms with Gasteiger partial charge in [-0.15, -0.1) is 0 Å². The summed E-state index contributed by atoms with van der Waals surface area (Å²) < 4.78 is 15.8. The second-order valence-electron chi connectivity index (χ2n) is 6.75. The topological polar surface area (TPSA) is 41.3 Å². The van der Waals surface area contributed by atoms with Gasteiger partial charge in [0, 0.05) is 19.7 Å². The van der Waals surface area contributed by atoms with Crippen LogP contribution in [0, 0.1) is 11.7 Å². The van der Waals surface area contributed by atoms with Crippen molar-refractivity contribution in [3.63, 3.8) is 0 Å². The molecule has 1 atom stereocenters. The molecule has 3 aromatic rings. The van der Waals surface area contributed by atoms with Crippen molar-refractivity contribution in [1.82, 2.24) is 9.55 Å². The Morgan fingerprint density at radius 2 is 2.04 bits per heavy atom. The number of anilines is 1. The zero-order valence-corrected chi connectivity index (χ0v) is 14.1. The highest BCUT2D eigenvalue weighted by atomic mass is 19.1. The summed E-state index contributed by atoms with van der Waals surface area (Å²) in [5, 5.41) is 9.53. The van der Waals surface area contributed by atoms with Crippen molar-refractivity contribution < 1.29 is 9.50 Å². The van der Waals surface area contributed by atoms with Crippen molar-refractivity contribution in [3.8, 4) is 0 Å². The molecule has 5 heteroatoms. The van der Waals surface area contributed by atoms with E-state index < -0.39 is 0 Å². The first-order chi connectivity index (χ1) is 12.2. The Morgan fingerprint density at radius 3 is 2.88 bits per heavy atom. The van der Waals surface area contributed by atoms with Gasteiger partial charge >= 0.3 is 0 Å². The van der Waals surface area contributed by atoms with Crippen molar-refractivity contribution in [2.75, 3.05) is 24.6 Å². The number of nitrogens with zero attached hydrogens (tertiary/aromatic N) is 3. The van der Waals surface area contributed by atoms with Crippen LogP contribution in [0.25, 0.3) is 11.0 Å². The van der Waals surface area contributed by atoms with Gasteiger partial charge in [-0.25, -0.2) is 9.37 Å². The van der Waals surface area contributed by atoms with Gasteiger partial charge in [0.05, 0.1) is 17.6 Å². The van der Waals surface area contributed by atoms with Crippen LogP contribution in [-0.2, 0) is 6.54 Å². The number of halogens is 1. The standard InChI is InChI=1S/C20H22FN3O/c21-17-7-3-5-15(11-17)13-24-19-9-2-1-8-18(19)22-20(24)23-10-4-6-16(12-23)14-25/h1-3,5,7-9,11,16,25H,4,6,10,12-14H2/t16-/m1/s1. The minimum Gasteiger partial charge on any atom is -0.396 e. The van der Waals surface area contributed by atoms with Crippen LogP contribution in [-0.4, -0.2) is 34.4 Å². The van der Waals surface area contributed by atoms with Crippen molar-refractivity contribution in [2.45, 2.75) is 19.4 Å². The van der Waals surface area contributed by atoms with E-state index in [1.807, 2.05) is 24.3 Å². The van der Waals surface area contributed by atoms with Crippen LogP contribution in [0.1, 0.15) is 18.4 Å². The minimum atomic E-state index is -0.221. The molecule has 2 heterocycles. The van der Waals surface area contributed by atoms with Gasteiger partial charge in [0.15, 0.2) is 0 Å². The quantitative estimate of drug-likeness (QED) is 0.792. The summed E-state index contributed by atoms with van der Waals surface area (Å²) >= 11 is 0.